The first-order chi connectivity index (χ1) is 15.7. The van der Waals surface area contributed by atoms with E-state index in [1.165, 1.54) is 11.3 Å². The number of amides is 1. The number of hydrogen-bond donors (Lipinski definition) is 1. The van der Waals surface area contributed by atoms with Crippen LogP contribution >= 0.6 is 11.3 Å². The van der Waals surface area contributed by atoms with E-state index in [0.29, 0.717) is 23.4 Å². The second kappa shape index (κ2) is 11.0. The molecule has 0 aliphatic carbocycles. The molecule has 1 heterocycles. The number of Topliss-reactive ketones (excluding diaryl/α,β-unsaturated/α-hetero) is 1. The predicted octanol–water partition coefficient (Wildman–Crippen LogP) is 3.31. The third kappa shape index (κ3) is 6.69. The molecule has 7 nitrogen and oxygen atoms in total. The van der Waals surface area contributed by atoms with Gasteiger partial charge in [-0.25, -0.2) is 13.4 Å². The van der Waals surface area contributed by atoms with Crippen molar-refractivity contribution >= 4 is 43.1 Å². The molecule has 0 fully saturated rings. The van der Waals surface area contributed by atoms with Crippen molar-refractivity contribution in [2.45, 2.75) is 37.6 Å². The lowest BCUT2D eigenvalue weighted by Crippen LogP contribution is -2.52. The Morgan fingerprint density at radius 1 is 1.06 bits per heavy atom. The minimum absolute atomic E-state index is 0.144. The van der Waals surface area contributed by atoms with Crippen molar-refractivity contribution in [1.29, 1.82) is 0 Å². The maximum atomic E-state index is 13.2. The molecule has 0 radical (unpaired) electrons. The van der Waals surface area contributed by atoms with Crippen LogP contribution < -0.4 is 5.32 Å². The van der Waals surface area contributed by atoms with Gasteiger partial charge < -0.3 is 5.32 Å². The van der Waals surface area contributed by atoms with Crippen LogP contribution in [0, 0.1) is 0 Å². The van der Waals surface area contributed by atoms with Gasteiger partial charge in [-0.2, -0.15) is 0 Å². The first-order valence-electron chi connectivity index (χ1n) is 10.8. The van der Waals surface area contributed by atoms with Gasteiger partial charge in [-0.1, -0.05) is 55.8 Å². The monoisotopic (exact) mass is 487 g/mol. The Morgan fingerprint density at radius 3 is 2.36 bits per heavy atom. The lowest BCUT2D eigenvalue weighted by atomic mass is 10.1. The Balaban J connectivity index is 1.75. The first-order valence-corrected chi connectivity index (χ1v) is 13.4. The molecule has 2 aromatic carbocycles. The summed E-state index contributed by atoms with van der Waals surface area (Å²) in [6, 6.07) is 14.7. The molecule has 3 rings (SSSR count). The molecule has 0 spiro atoms. The van der Waals surface area contributed by atoms with E-state index in [1.807, 2.05) is 37.3 Å². The van der Waals surface area contributed by atoms with Crippen molar-refractivity contribution < 1.29 is 18.0 Å². The van der Waals surface area contributed by atoms with E-state index in [2.05, 4.69) is 10.3 Å². The minimum Gasteiger partial charge on any atom is -0.344 e. The maximum Gasteiger partial charge on any atom is 0.238 e. The normalized spacial score (nSPS) is 13.7. The fraction of sp³-hybridized carbons (Fsp3) is 0.375. The smallest absolute Gasteiger partial charge is 0.238 e. The summed E-state index contributed by atoms with van der Waals surface area (Å²) in [4.78, 5) is 32.3. The lowest BCUT2D eigenvalue weighted by Gasteiger charge is -2.26. The highest BCUT2D eigenvalue weighted by atomic mass is 32.2. The van der Waals surface area contributed by atoms with Gasteiger partial charge in [-0.05, 0) is 38.2 Å². The fourth-order valence-electron chi connectivity index (χ4n) is 3.54. The molecule has 176 valence electrons. The Hall–Kier alpha value is -2.62. The van der Waals surface area contributed by atoms with E-state index in [0.717, 1.165) is 10.2 Å². The molecule has 2 atom stereocenters. The molecular formula is C24H29N3O4S2. The van der Waals surface area contributed by atoms with Gasteiger partial charge in [0, 0.05) is 0 Å². The highest BCUT2D eigenvalue weighted by Gasteiger charge is 2.31. The summed E-state index contributed by atoms with van der Waals surface area (Å²) in [5.74, 6) is -1.22. The van der Waals surface area contributed by atoms with Crippen LogP contribution in [0.3, 0.4) is 0 Å². The van der Waals surface area contributed by atoms with Crippen molar-refractivity contribution in [1.82, 2.24) is 15.2 Å². The van der Waals surface area contributed by atoms with Crippen molar-refractivity contribution in [2.75, 3.05) is 19.8 Å². The molecule has 1 N–H and O–H groups in total. The molecule has 0 aliphatic rings. The molecule has 9 heteroatoms. The number of sulfone groups is 1. The molecule has 33 heavy (non-hydrogen) atoms. The highest BCUT2D eigenvalue weighted by Crippen LogP contribution is 2.23. The summed E-state index contributed by atoms with van der Waals surface area (Å²) in [5, 5.41) is 3.14. The predicted molar refractivity (Wildman–Crippen MR) is 132 cm³/mol. The van der Waals surface area contributed by atoms with Crippen LogP contribution in [0.5, 0.6) is 0 Å². The van der Waals surface area contributed by atoms with E-state index >= 15 is 0 Å². The van der Waals surface area contributed by atoms with Gasteiger partial charge in [-0.15, -0.1) is 11.3 Å². The number of nitrogens with one attached hydrogen (secondary N) is 1. The van der Waals surface area contributed by atoms with E-state index in [9.17, 15) is 18.0 Å². The second-order valence-corrected chi connectivity index (χ2v) is 11.4. The molecule has 0 saturated heterocycles. The average Bonchev–Trinajstić information content (AvgIpc) is 3.21. The van der Waals surface area contributed by atoms with Crippen LogP contribution in [0.1, 0.15) is 35.1 Å². The second-order valence-electron chi connectivity index (χ2n) is 8.22. The Kier molecular flexibility index (Phi) is 8.34. The maximum absolute atomic E-state index is 13.2. The van der Waals surface area contributed by atoms with Crippen LogP contribution in [-0.2, 0) is 20.4 Å². The van der Waals surface area contributed by atoms with Gasteiger partial charge in [0.15, 0.2) is 14.8 Å². The van der Waals surface area contributed by atoms with E-state index in [4.69, 9.17) is 0 Å². The fourth-order valence-corrected chi connectivity index (χ4v) is 6.25. The highest BCUT2D eigenvalue weighted by molar-refractivity contribution is 7.90. The summed E-state index contributed by atoms with van der Waals surface area (Å²) in [6.45, 7) is 1.93. The van der Waals surface area contributed by atoms with E-state index in [1.54, 1.807) is 43.3 Å². The summed E-state index contributed by atoms with van der Waals surface area (Å²) in [5.41, 5.74) is 1.41. The third-order valence-corrected chi connectivity index (χ3v) is 7.93. The van der Waals surface area contributed by atoms with Gasteiger partial charge in [0.25, 0.3) is 0 Å². The average molecular weight is 488 g/mol. The van der Waals surface area contributed by atoms with Crippen LogP contribution in [0.4, 0.5) is 0 Å². The molecule has 0 aliphatic heterocycles. The zero-order valence-electron chi connectivity index (χ0n) is 19.0. The number of benzene rings is 2. The Morgan fingerprint density at radius 2 is 1.73 bits per heavy atom. The number of hydrogen-bond acceptors (Lipinski definition) is 7. The van der Waals surface area contributed by atoms with Gasteiger partial charge in [0.05, 0.1) is 27.8 Å². The number of fused-ring (bicyclic) bond motifs is 1. The molecular weight excluding hydrogens is 458 g/mol. The van der Waals surface area contributed by atoms with Crippen LogP contribution in [0.15, 0.2) is 54.6 Å². The molecule has 1 aromatic heterocycles. The zero-order chi connectivity index (χ0) is 24.0. The van der Waals surface area contributed by atoms with E-state index in [-0.39, 0.29) is 17.3 Å². The summed E-state index contributed by atoms with van der Waals surface area (Å²) in [6.07, 6.45) is 1.12. The number of likely N-dealkylation sites (N-methyl/N-ethyl adjacent to an activating group) is 1. The Labute approximate surface area is 198 Å². The quantitative estimate of drug-likeness (QED) is 0.417. The standard InChI is InChI=1S/C24H29N3O4S2/c1-4-10-19(22(28)24-26-18-13-8-9-14-21(18)32-24)25-23(29)20(27(2)3)16-33(30,31)15-17-11-6-5-7-12-17/h5-9,11-14,19-20H,4,10,15-16H2,1-3H3,(H,25,29). The zero-order valence-corrected chi connectivity index (χ0v) is 20.7. The number of thiazole rings is 1. The number of para-hydroxylation sites is 1. The topological polar surface area (TPSA) is 96.4 Å². The van der Waals surface area contributed by atoms with Gasteiger partial charge in [0.1, 0.15) is 6.04 Å². The van der Waals surface area contributed by atoms with Gasteiger partial charge >= 0.3 is 0 Å². The van der Waals surface area contributed by atoms with Crippen molar-refractivity contribution in [3.63, 3.8) is 0 Å². The van der Waals surface area contributed by atoms with E-state index < -0.39 is 27.8 Å². The number of ketones is 1. The van der Waals surface area contributed by atoms with Gasteiger partial charge in [0.2, 0.25) is 11.7 Å². The molecule has 2 unspecified atom stereocenters. The van der Waals surface area contributed by atoms with Crippen molar-refractivity contribution in [2.24, 2.45) is 0 Å². The van der Waals surface area contributed by atoms with Crippen molar-refractivity contribution in [3.8, 4) is 0 Å². The SMILES string of the molecule is CCCC(NC(=O)C(CS(=O)(=O)Cc1ccccc1)N(C)C)C(=O)c1nc2ccccc2s1. The molecule has 0 bridgehead atoms. The summed E-state index contributed by atoms with van der Waals surface area (Å²) < 4.78 is 26.5. The largest absolute Gasteiger partial charge is 0.344 e. The van der Waals surface area contributed by atoms with Crippen LogP contribution in [-0.4, -0.2) is 61.9 Å². The summed E-state index contributed by atoms with van der Waals surface area (Å²) >= 11 is 1.29. The van der Waals surface area contributed by atoms with Crippen LogP contribution in [0.2, 0.25) is 0 Å². The number of carbonyl (C=O) groups is 2. The molecule has 0 saturated carbocycles. The molecule has 1 amide bonds. The number of carbonyl (C=O) groups excluding carboxylic acids is 2. The molecule has 3 aromatic rings. The summed E-state index contributed by atoms with van der Waals surface area (Å²) in [7, 11) is -0.241. The minimum atomic E-state index is -3.56. The first kappa shape index (κ1) is 25.0. The van der Waals surface area contributed by atoms with Crippen molar-refractivity contribution in [3.05, 3.63) is 65.2 Å². The number of rotatable bonds is 11. The van der Waals surface area contributed by atoms with Crippen LogP contribution in [0.25, 0.3) is 10.2 Å². The van der Waals surface area contributed by atoms with Gasteiger partial charge in [-0.3, -0.25) is 14.5 Å². The number of nitrogens with zero attached hydrogens (tertiary/aromatic N) is 2. The third-order valence-electron chi connectivity index (χ3n) is 5.28. The lowest BCUT2D eigenvalue weighted by molar-refractivity contribution is -0.125. The number of aromatic nitrogens is 1. The Bertz CT molecular complexity index is 1170.